The monoisotopic (exact) mass is 300 g/mol. The Bertz CT molecular complexity index is 890. The third-order valence-electron chi connectivity index (χ3n) is 3.42. The SMILES string of the molecule is Cc1cnc(-c2c(F)cncc2F)c2cc(C(=O)O)ccc12. The molecule has 22 heavy (non-hydrogen) atoms. The molecule has 0 aliphatic heterocycles. The van der Waals surface area contributed by atoms with Crippen LogP contribution in [0.5, 0.6) is 0 Å². The van der Waals surface area contributed by atoms with E-state index in [0.717, 1.165) is 18.0 Å². The highest BCUT2D eigenvalue weighted by Crippen LogP contribution is 2.32. The van der Waals surface area contributed by atoms with Crippen molar-refractivity contribution in [3.05, 3.63) is 59.6 Å². The summed E-state index contributed by atoms with van der Waals surface area (Å²) in [5.74, 6) is -2.82. The van der Waals surface area contributed by atoms with Gasteiger partial charge < -0.3 is 5.11 Å². The van der Waals surface area contributed by atoms with Crippen molar-refractivity contribution < 1.29 is 18.7 Å². The lowest BCUT2D eigenvalue weighted by molar-refractivity contribution is 0.0697. The molecule has 0 saturated carbocycles. The van der Waals surface area contributed by atoms with Crippen LogP contribution in [0.3, 0.4) is 0 Å². The molecule has 0 amide bonds. The number of fused-ring (bicyclic) bond motifs is 1. The Labute approximate surface area is 124 Å². The van der Waals surface area contributed by atoms with Gasteiger partial charge in [0.1, 0.15) is 0 Å². The number of halogens is 2. The Morgan fingerprint density at radius 1 is 1.09 bits per heavy atom. The zero-order chi connectivity index (χ0) is 15.9. The van der Waals surface area contributed by atoms with Crippen molar-refractivity contribution >= 4 is 16.7 Å². The second kappa shape index (κ2) is 5.14. The lowest BCUT2D eigenvalue weighted by Crippen LogP contribution is -1.99. The third kappa shape index (κ3) is 2.18. The number of hydrogen-bond donors (Lipinski definition) is 1. The molecule has 3 aromatic rings. The van der Waals surface area contributed by atoms with E-state index in [2.05, 4.69) is 9.97 Å². The lowest BCUT2D eigenvalue weighted by Gasteiger charge is -2.10. The molecule has 1 aromatic carbocycles. The van der Waals surface area contributed by atoms with E-state index in [-0.39, 0.29) is 16.8 Å². The first-order valence-electron chi connectivity index (χ1n) is 6.41. The van der Waals surface area contributed by atoms with E-state index in [0.29, 0.717) is 10.8 Å². The van der Waals surface area contributed by atoms with Gasteiger partial charge >= 0.3 is 5.97 Å². The smallest absolute Gasteiger partial charge is 0.335 e. The number of aryl methyl sites for hydroxylation is 1. The number of aromatic carboxylic acids is 1. The Balaban J connectivity index is 2.41. The van der Waals surface area contributed by atoms with Gasteiger partial charge in [0, 0.05) is 11.6 Å². The fraction of sp³-hybridized carbons (Fsp3) is 0.0625. The summed E-state index contributed by atoms with van der Waals surface area (Å²) in [5, 5.41) is 10.2. The topological polar surface area (TPSA) is 63.1 Å². The second-order valence-electron chi connectivity index (χ2n) is 4.83. The van der Waals surface area contributed by atoms with Crippen LogP contribution in [-0.2, 0) is 0 Å². The van der Waals surface area contributed by atoms with Crippen molar-refractivity contribution in [3.8, 4) is 11.3 Å². The van der Waals surface area contributed by atoms with Crippen LogP contribution < -0.4 is 0 Å². The number of aromatic nitrogens is 2. The van der Waals surface area contributed by atoms with Crippen LogP contribution in [0.25, 0.3) is 22.0 Å². The van der Waals surface area contributed by atoms with E-state index in [4.69, 9.17) is 5.11 Å². The molecule has 6 heteroatoms. The third-order valence-corrected chi connectivity index (χ3v) is 3.42. The largest absolute Gasteiger partial charge is 0.478 e. The van der Waals surface area contributed by atoms with E-state index >= 15 is 0 Å². The van der Waals surface area contributed by atoms with Crippen molar-refractivity contribution in [2.75, 3.05) is 0 Å². The summed E-state index contributed by atoms with van der Waals surface area (Å²) >= 11 is 0. The molecular formula is C16H10F2N2O2. The van der Waals surface area contributed by atoms with E-state index in [1.807, 2.05) is 0 Å². The molecule has 0 aliphatic rings. The van der Waals surface area contributed by atoms with Crippen molar-refractivity contribution in [3.63, 3.8) is 0 Å². The van der Waals surface area contributed by atoms with Gasteiger partial charge in [-0.25, -0.2) is 13.6 Å². The summed E-state index contributed by atoms with van der Waals surface area (Å²) in [6, 6.07) is 4.42. The van der Waals surface area contributed by atoms with Crippen molar-refractivity contribution in [1.82, 2.24) is 9.97 Å². The van der Waals surface area contributed by atoms with Gasteiger partial charge in [-0.1, -0.05) is 6.07 Å². The van der Waals surface area contributed by atoms with Gasteiger partial charge in [0.05, 0.1) is 29.2 Å². The zero-order valence-corrected chi connectivity index (χ0v) is 11.5. The van der Waals surface area contributed by atoms with Crippen LogP contribution in [0.1, 0.15) is 15.9 Å². The first kappa shape index (κ1) is 14.1. The van der Waals surface area contributed by atoms with E-state index in [1.54, 1.807) is 13.0 Å². The molecule has 2 aromatic heterocycles. The highest BCUT2D eigenvalue weighted by atomic mass is 19.1. The van der Waals surface area contributed by atoms with Crippen molar-refractivity contribution in [2.24, 2.45) is 0 Å². The molecule has 0 unspecified atom stereocenters. The van der Waals surface area contributed by atoms with Gasteiger partial charge in [0.25, 0.3) is 0 Å². The molecule has 0 saturated heterocycles. The lowest BCUT2D eigenvalue weighted by atomic mass is 9.99. The van der Waals surface area contributed by atoms with Crippen LogP contribution >= 0.6 is 0 Å². The molecule has 0 radical (unpaired) electrons. The summed E-state index contributed by atoms with van der Waals surface area (Å²) in [6.07, 6.45) is 3.29. The Morgan fingerprint density at radius 3 is 2.41 bits per heavy atom. The molecule has 0 fully saturated rings. The molecule has 4 nitrogen and oxygen atoms in total. The summed E-state index contributed by atoms with van der Waals surface area (Å²) in [5.41, 5.74) is 0.547. The first-order chi connectivity index (χ1) is 10.5. The fourth-order valence-electron chi connectivity index (χ4n) is 2.35. The number of rotatable bonds is 2. The molecule has 0 bridgehead atoms. The van der Waals surface area contributed by atoms with Crippen molar-refractivity contribution in [2.45, 2.75) is 6.92 Å². The average Bonchev–Trinajstić information content (AvgIpc) is 2.49. The highest BCUT2D eigenvalue weighted by Gasteiger charge is 2.17. The number of carbonyl (C=O) groups is 1. The van der Waals surface area contributed by atoms with Gasteiger partial charge in [-0.2, -0.15) is 0 Å². The molecule has 3 rings (SSSR count). The van der Waals surface area contributed by atoms with Crippen LogP contribution in [0.2, 0.25) is 0 Å². The predicted octanol–water partition coefficient (Wildman–Crippen LogP) is 3.58. The Morgan fingerprint density at radius 2 is 1.77 bits per heavy atom. The van der Waals surface area contributed by atoms with Gasteiger partial charge in [0.2, 0.25) is 0 Å². The number of nitrogens with zero attached hydrogens (tertiary/aromatic N) is 2. The number of carboxylic acids is 1. The van der Waals surface area contributed by atoms with E-state index in [1.165, 1.54) is 18.3 Å². The highest BCUT2D eigenvalue weighted by molar-refractivity contribution is 6.01. The normalized spacial score (nSPS) is 10.9. The maximum absolute atomic E-state index is 14.0. The quantitative estimate of drug-likeness (QED) is 0.785. The molecule has 2 heterocycles. The summed E-state index contributed by atoms with van der Waals surface area (Å²) in [6.45, 7) is 1.79. The van der Waals surface area contributed by atoms with Crippen molar-refractivity contribution in [1.29, 1.82) is 0 Å². The fourth-order valence-corrected chi connectivity index (χ4v) is 2.35. The minimum atomic E-state index is -1.12. The maximum atomic E-state index is 14.0. The molecule has 0 aliphatic carbocycles. The van der Waals surface area contributed by atoms with Crippen LogP contribution in [0.15, 0.2) is 36.8 Å². The molecule has 0 atom stereocenters. The zero-order valence-electron chi connectivity index (χ0n) is 11.5. The standard InChI is InChI=1S/C16H10F2N2O2/c1-8-5-20-15(14-12(17)6-19-7-13(14)18)11-4-9(16(21)22)2-3-10(8)11/h2-7H,1H3,(H,21,22). The number of carboxylic acid groups (broad SMARTS) is 1. The number of hydrogen-bond acceptors (Lipinski definition) is 3. The van der Waals surface area contributed by atoms with Gasteiger partial charge in [0.15, 0.2) is 11.6 Å². The van der Waals surface area contributed by atoms with Gasteiger partial charge in [-0.05, 0) is 30.0 Å². The molecule has 110 valence electrons. The van der Waals surface area contributed by atoms with Gasteiger partial charge in [-0.15, -0.1) is 0 Å². The second-order valence-corrected chi connectivity index (χ2v) is 4.83. The minimum absolute atomic E-state index is 0.0241. The Hall–Kier alpha value is -2.89. The van der Waals surface area contributed by atoms with Crippen LogP contribution in [0.4, 0.5) is 8.78 Å². The van der Waals surface area contributed by atoms with Crippen LogP contribution in [0, 0.1) is 18.6 Å². The van der Waals surface area contributed by atoms with E-state index < -0.39 is 17.6 Å². The number of benzene rings is 1. The summed E-state index contributed by atoms with van der Waals surface area (Å²) in [4.78, 5) is 18.7. The molecule has 0 spiro atoms. The van der Waals surface area contributed by atoms with Crippen LogP contribution in [-0.4, -0.2) is 21.0 Å². The van der Waals surface area contributed by atoms with E-state index in [9.17, 15) is 13.6 Å². The summed E-state index contributed by atoms with van der Waals surface area (Å²) in [7, 11) is 0. The number of pyridine rings is 2. The van der Waals surface area contributed by atoms with Gasteiger partial charge in [-0.3, -0.25) is 9.97 Å². The maximum Gasteiger partial charge on any atom is 0.335 e. The predicted molar refractivity (Wildman–Crippen MR) is 76.6 cm³/mol. The first-order valence-corrected chi connectivity index (χ1v) is 6.41. The summed E-state index contributed by atoms with van der Waals surface area (Å²) < 4.78 is 27.9. The minimum Gasteiger partial charge on any atom is -0.478 e. The average molecular weight is 300 g/mol. The Kier molecular flexibility index (Phi) is 3.29. The molecule has 1 N–H and O–H groups in total. The molecular weight excluding hydrogens is 290 g/mol.